The van der Waals surface area contributed by atoms with Crippen molar-refractivity contribution in [1.29, 1.82) is 0 Å². The van der Waals surface area contributed by atoms with Crippen molar-refractivity contribution in [2.45, 2.75) is 46.0 Å². The Morgan fingerprint density at radius 3 is 1.95 bits per heavy atom. The van der Waals surface area contributed by atoms with Crippen LogP contribution in [0.25, 0.3) is 44.7 Å². The zero-order chi connectivity index (χ0) is 41.8. The Morgan fingerprint density at radius 1 is 0.661 bits per heavy atom. The minimum Gasteiger partial charge on any atom is -0.370 e. The number of para-hydroxylation sites is 1. The Morgan fingerprint density at radius 2 is 1.27 bits per heavy atom. The number of aromatic nitrogens is 9. The standard InChI is InChI=1S/C22H22FN7.C19H15ClFN5.C4H9N.CH4/c23-17-10-16(12-24-14-17)22-28-19(11-20(29-22)30-8-1-2-9-30)25-7-5-15-13-27-18-4-3-6-26-21(15)18;20-17-8-18(26-19(25-17)13-7-14(21)11-22-9-13)23-6-5-12-10-24-16-4-2-1-3-15(12)16;1-2-4-5-3-1;/h3-4,6,10-14,27H,1-2,5,7-9H2,(H,25,28,29);1-4,7-11,24H,5-6H2,(H,23,25,26);5H,1-4H2;1H4. The van der Waals surface area contributed by atoms with Crippen molar-refractivity contribution in [3.05, 3.63) is 132 Å². The topological polar surface area (TPSA) is 161 Å². The minimum absolute atomic E-state index is 0. The van der Waals surface area contributed by atoms with E-state index in [2.05, 4.69) is 77.8 Å². The Labute approximate surface area is 364 Å². The largest absolute Gasteiger partial charge is 0.370 e. The van der Waals surface area contributed by atoms with Crippen molar-refractivity contribution in [3.63, 3.8) is 0 Å². The third kappa shape index (κ3) is 11.4. The average molecular weight is 858 g/mol. The van der Waals surface area contributed by atoms with Gasteiger partial charge in [0.25, 0.3) is 0 Å². The van der Waals surface area contributed by atoms with Gasteiger partial charge in [0.2, 0.25) is 0 Å². The molecule has 2 saturated heterocycles. The van der Waals surface area contributed by atoms with Gasteiger partial charge in [-0.25, -0.2) is 28.7 Å². The van der Waals surface area contributed by atoms with Gasteiger partial charge in [0.1, 0.15) is 34.2 Å². The summed E-state index contributed by atoms with van der Waals surface area (Å²) in [5.74, 6) is 2.13. The maximum absolute atomic E-state index is 13.7. The molecule has 2 fully saturated rings. The van der Waals surface area contributed by atoms with Crippen LogP contribution in [0.3, 0.4) is 0 Å². The van der Waals surface area contributed by atoms with E-state index in [0.29, 0.717) is 41.7 Å². The van der Waals surface area contributed by atoms with Gasteiger partial charge in [-0.15, -0.1) is 0 Å². The predicted octanol–water partition coefficient (Wildman–Crippen LogP) is 9.28. The average Bonchev–Trinajstić information content (AvgIpc) is 4.14. The van der Waals surface area contributed by atoms with Crippen molar-refractivity contribution >= 4 is 51.0 Å². The first-order valence-electron chi connectivity index (χ1n) is 20.5. The molecule has 0 spiro atoms. The maximum atomic E-state index is 13.7. The second-order valence-electron chi connectivity index (χ2n) is 14.7. The zero-order valence-corrected chi connectivity index (χ0v) is 34.3. The van der Waals surface area contributed by atoms with Crippen molar-refractivity contribution in [2.75, 3.05) is 54.8 Å². The Bertz CT molecular complexity index is 2670. The lowest BCUT2D eigenvalue weighted by atomic mass is 10.1. The molecule has 13 nitrogen and oxygen atoms in total. The van der Waals surface area contributed by atoms with Crippen LogP contribution in [0, 0.1) is 11.6 Å². The molecule has 62 heavy (non-hydrogen) atoms. The first-order chi connectivity index (χ1) is 29.9. The number of hydrogen-bond acceptors (Lipinski definition) is 11. The monoisotopic (exact) mass is 857 g/mol. The van der Waals surface area contributed by atoms with Gasteiger partial charge in [0, 0.05) is 91.3 Å². The molecule has 320 valence electrons. The fourth-order valence-corrected chi connectivity index (χ4v) is 7.47. The van der Waals surface area contributed by atoms with Gasteiger partial charge in [-0.3, -0.25) is 15.0 Å². The number of hydrogen-bond donors (Lipinski definition) is 5. The number of aromatic amines is 2. The van der Waals surface area contributed by atoms with Gasteiger partial charge >= 0.3 is 0 Å². The molecule has 0 aliphatic carbocycles. The Kier molecular flexibility index (Phi) is 14.9. The minimum atomic E-state index is -0.445. The number of H-pyrrole nitrogens is 2. The predicted molar refractivity (Wildman–Crippen MR) is 245 cm³/mol. The zero-order valence-electron chi connectivity index (χ0n) is 33.5. The molecule has 7 aromatic heterocycles. The molecule has 0 unspecified atom stereocenters. The number of fused-ring (bicyclic) bond motifs is 2. The number of pyridine rings is 3. The van der Waals surface area contributed by atoms with E-state index in [-0.39, 0.29) is 12.6 Å². The van der Waals surface area contributed by atoms with Crippen molar-refractivity contribution < 1.29 is 8.78 Å². The summed E-state index contributed by atoms with van der Waals surface area (Å²) < 4.78 is 27.1. The Hall–Kier alpha value is -6.58. The Balaban J connectivity index is 0.000000166. The molecule has 8 aromatic rings. The van der Waals surface area contributed by atoms with Crippen LogP contribution in [0.5, 0.6) is 0 Å². The maximum Gasteiger partial charge on any atom is 0.165 e. The molecule has 2 aliphatic heterocycles. The van der Waals surface area contributed by atoms with Crippen LogP contribution >= 0.6 is 11.6 Å². The van der Waals surface area contributed by atoms with Crippen LogP contribution in [0.15, 0.2) is 104 Å². The van der Waals surface area contributed by atoms with E-state index in [1.807, 2.05) is 42.7 Å². The van der Waals surface area contributed by atoms with Crippen molar-refractivity contribution in [1.82, 2.24) is 50.2 Å². The van der Waals surface area contributed by atoms with E-state index >= 15 is 0 Å². The van der Waals surface area contributed by atoms with Gasteiger partial charge in [0.15, 0.2) is 11.6 Å². The number of nitrogens with zero attached hydrogens (tertiary/aromatic N) is 8. The molecule has 0 saturated carbocycles. The fourth-order valence-electron chi connectivity index (χ4n) is 7.28. The van der Waals surface area contributed by atoms with E-state index in [9.17, 15) is 8.78 Å². The highest BCUT2D eigenvalue weighted by molar-refractivity contribution is 6.29. The summed E-state index contributed by atoms with van der Waals surface area (Å²) in [4.78, 5) is 38.8. The normalized spacial score (nSPS) is 13.2. The highest BCUT2D eigenvalue weighted by atomic mass is 35.5. The van der Waals surface area contributed by atoms with E-state index in [0.717, 1.165) is 78.7 Å². The first kappa shape index (κ1) is 43.5. The summed E-state index contributed by atoms with van der Waals surface area (Å²) in [5.41, 5.74) is 6.57. The highest BCUT2D eigenvalue weighted by Crippen LogP contribution is 2.26. The van der Waals surface area contributed by atoms with Gasteiger partial charge in [-0.2, -0.15) is 0 Å². The molecule has 9 heterocycles. The molecular formula is C46H50ClF2N13. The smallest absolute Gasteiger partial charge is 0.165 e. The SMILES string of the molecule is C.C1CCNC1.Fc1cncc(-c2nc(Cl)cc(NCCc3c[nH]c4ccccc34)n2)c1.Fc1cncc(-c2nc(NCCc3c[nH]c4cccnc34)cc(N3CCCC3)n2)c1. The van der Waals surface area contributed by atoms with Gasteiger partial charge < -0.3 is 30.8 Å². The quantitative estimate of drug-likeness (QED) is 0.0789. The van der Waals surface area contributed by atoms with Crippen LogP contribution in [0.4, 0.5) is 26.2 Å². The molecule has 0 bridgehead atoms. The van der Waals surface area contributed by atoms with Crippen LogP contribution in [-0.2, 0) is 12.8 Å². The molecule has 0 radical (unpaired) electrons. The van der Waals surface area contributed by atoms with Crippen LogP contribution < -0.4 is 20.9 Å². The summed E-state index contributed by atoms with van der Waals surface area (Å²) in [7, 11) is 0. The highest BCUT2D eigenvalue weighted by Gasteiger charge is 2.17. The third-order valence-electron chi connectivity index (χ3n) is 10.3. The van der Waals surface area contributed by atoms with E-state index in [1.165, 1.54) is 61.4 Å². The number of halogens is 3. The summed E-state index contributed by atoms with van der Waals surface area (Å²) >= 11 is 6.09. The summed E-state index contributed by atoms with van der Waals surface area (Å²) in [6.45, 7) is 5.81. The lowest BCUT2D eigenvalue weighted by Gasteiger charge is -2.18. The third-order valence-corrected chi connectivity index (χ3v) is 10.5. The molecular weight excluding hydrogens is 808 g/mol. The number of benzene rings is 1. The van der Waals surface area contributed by atoms with Crippen LogP contribution in [-0.4, -0.2) is 84.1 Å². The molecule has 0 amide bonds. The van der Waals surface area contributed by atoms with Gasteiger partial charge in [-0.1, -0.05) is 37.2 Å². The van der Waals surface area contributed by atoms with E-state index in [1.54, 1.807) is 18.5 Å². The fraction of sp³-hybridized carbons (Fsp3) is 0.283. The van der Waals surface area contributed by atoms with Gasteiger partial charge in [0.05, 0.1) is 23.4 Å². The molecule has 2 aliphatic rings. The van der Waals surface area contributed by atoms with Crippen molar-refractivity contribution in [3.8, 4) is 22.8 Å². The molecule has 1 aromatic carbocycles. The van der Waals surface area contributed by atoms with E-state index < -0.39 is 11.6 Å². The molecule has 10 rings (SSSR count). The molecule has 5 N–H and O–H groups in total. The van der Waals surface area contributed by atoms with E-state index in [4.69, 9.17) is 11.6 Å². The van der Waals surface area contributed by atoms with Crippen molar-refractivity contribution in [2.24, 2.45) is 0 Å². The van der Waals surface area contributed by atoms with Crippen LogP contribution in [0.2, 0.25) is 5.15 Å². The summed E-state index contributed by atoms with van der Waals surface area (Å²) in [6.07, 6.45) is 17.9. The lowest BCUT2D eigenvalue weighted by Crippen LogP contribution is -2.20. The molecule has 0 atom stereocenters. The second-order valence-corrected chi connectivity index (χ2v) is 15.1. The number of rotatable bonds is 11. The first-order valence-corrected chi connectivity index (χ1v) is 20.9. The molecule has 16 heteroatoms. The van der Waals surface area contributed by atoms with Gasteiger partial charge in [-0.05, 0) is 93.1 Å². The summed E-state index contributed by atoms with van der Waals surface area (Å²) in [5, 5.41) is 11.4. The second kappa shape index (κ2) is 21.3. The van der Waals surface area contributed by atoms with Crippen LogP contribution in [0.1, 0.15) is 44.2 Å². The number of nitrogens with one attached hydrogen (secondary N) is 5. The lowest BCUT2D eigenvalue weighted by molar-refractivity contribution is 0.621. The summed E-state index contributed by atoms with van der Waals surface area (Å²) in [6, 6.07) is 18.5. The number of anilines is 3.